The second-order valence-electron chi connectivity index (χ2n) is 12.8. The van der Waals surface area contributed by atoms with Crippen LogP contribution >= 0.6 is 0 Å². The molecule has 0 aromatic carbocycles. The quantitative estimate of drug-likeness (QED) is 0.146. The van der Waals surface area contributed by atoms with Crippen LogP contribution in [-0.4, -0.2) is 63.6 Å². The largest absolute Gasteiger partial charge is 0.346 e. The third-order valence-electron chi connectivity index (χ3n) is 8.22. The Morgan fingerprint density at radius 3 is 1.14 bits per heavy atom. The highest BCUT2D eigenvalue weighted by atomic mass is 15.2. The molecule has 0 atom stereocenters. The molecule has 0 N–H and O–H groups in total. The lowest BCUT2D eigenvalue weighted by molar-refractivity contribution is 0.691. The Balaban J connectivity index is -0.0000000489. The molecule has 78 heavy (non-hydrogen) atoms. The zero-order valence-electron chi connectivity index (χ0n) is 53.8. The first kappa shape index (κ1) is 97.9. The van der Waals surface area contributed by atoms with E-state index in [1.54, 1.807) is 0 Å². The fraction of sp³-hybridized carbons (Fsp3) is 0.646. The van der Waals surface area contributed by atoms with Gasteiger partial charge < -0.3 is 18.3 Å². The molecule has 0 amide bonds. The molecule has 0 aliphatic carbocycles. The summed E-state index contributed by atoms with van der Waals surface area (Å²) < 4.78 is 8.63. The zero-order chi connectivity index (χ0) is 59.0. The lowest BCUT2D eigenvalue weighted by Gasteiger charge is -2.02. The molecule has 466 valence electrons. The molecule has 8 aromatic heterocycles. The summed E-state index contributed by atoms with van der Waals surface area (Å²) in [5, 5.41) is 16.0. The first-order chi connectivity index (χ1) is 36.2. The Morgan fingerprint density at radius 1 is 0.333 bits per heavy atom. The number of aryl methyl sites for hydroxylation is 8. The molecule has 0 saturated heterocycles. The number of rotatable bonds is 8. The summed E-state index contributed by atoms with van der Waals surface area (Å²) in [6.45, 7) is 64.4. The molecule has 0 aliphatic heterocycles. The number of aromatic nitrogens is 13. The van der Waals surface area contributed by atoms with Crippen LogP contribution in [0.2, 0.25) is 0 Å². The number of hydrogen-bond donors (Lipinski definition) is 0. The highest BCUT2D eigenvalue weighted by Gasteiger charge is 2.05. The smallest absolute Gasteiger partial charge is 0.181 e. The summed E-state index contributed by atoms with van der Waals surface area (Å²) in [5.74, 6) is 2.28. The van der Waals surface area contributed by atoms with Crippen molar-refractivity contribution >= 4 is 44.4 Å². The van der Waals surface area contributed by atoms with Gasteiger partial charge in [-0.1, -0.05) is 210 Å². The van der Waals surface area contributed by atoms with E-state index in [0.717, 1.165) is 108 Å². The van der Waals surface area contributed by atoms with Crippen LogP contribution in [0.4, 0.5) is 0 Å². The van der Waals surface area contributed by atoms with Gasteiger partial charge in [0.15, 0.2) is 11.3 Å². The molecule has 13 nitrogen and oxygen atoms in total. The number of hydrogen-bond acceptors (Lipinski definition) is 9. The van der Waals surface area contributed by atoms with Gasteiger partial charge in [-0.15, -0.1) is 20.4 Å². The maximum atomic E-state index is 4.36. The molecule has 0 fully saturated rings. The molecule has 0 unspecified atom stereocenters. The van der Waals surface area contributed by atoms with Crippen LogP contribution in [-0.2, 0) is 26.2 Å². The summed E-state index contributed by atoms with van der Waals surface area (Å²) in [6.07, 6.45) is 16.5. The van der Waals surface area contributed by atoms with Gasteiger partial charge in [-0.3, -0.25) is 4.98 Å². The SMILES string of the molecule is C.C.C.C.CC.CC.CC.CC.CC.CC.CC.CC.CC.CC.CC.CCCn1ccc2nc(C)ncc21.CCCn1ccc2nc(C)nnc21.CCCn1ccc2ncc(C)cc21.CCCn1ccc2nnc(C)nc21.[2HH].[2HH].[2HH].[2HH]. The van der Waals surface area contributed by atoms with Gasteiger partial charge in [0.1, 0.15) is 28.5 Å². The van der Waals surface area contributed by atoms with Gasteiger partial charge >= 0.3 is 0 Å². The van der Waals surface area contributed by atoms with Gasteiger partial charge in [-0.25, -0.2) is 19.9 Å². The molecule has 8 rings (SSSR count). The van der Waals surface area contributed by atoms with Gasteiger partial charge in [0.05, 0.1) is 28.3 Å². The minimum absolute atomic E-state index is 0. The molecule has 8 heterocycles. The van der Waals surface area contributed by atoms with Gasteiger partial charge in [0.25, 0.3) is 0 Å². The second-order valence-corrected chi connectivity index (χ2v) is 12.8. The van der Waals surface area contributed by atoms with Crippen LogP contribution < -0.4 is 0 Å². The van der Waals surface area contributed by atoms with Crippen molar-refractivity contribution in [3.63, 3.8) is 0 Å². The van der Waals surface area contributed by atoms with Crippen LogP contribution in [0.3, 0.4) is 0 Å². The van der Waals surface area contributed by atoms with E-state index >= 15 is 0 Å². The van der Waals surface area contributed by atoms with E-state index in [1.807, 2.05) is 216 Å². The number of fused-ring (bicyclic) bond motifs is 4. The monoisotopic (exact) mass is 1110 g/mol. The Bertz CT molecular complexity index is 2190. The number of pyridine rings is 1. The maximum Gasteiger partial charge on any atom is 0.181 e. The Kier molecular flexibility index (Phi) is 89.6. The van der Waals surface area contributed by atoms with Crippen molar-refractivity contribution in [3.8, 4) is 0 Å². The van der Waals surface area contributed by atoms with Crippen molar-refractivity contribution in [2.24, 2.45) is 0 Å². The minimum Gasteiger partial charge on any atom is -0.346 e. The summed E-state index contributed by atoms with van der Waals surface area (Å²) in [7, 11) is 0. The molecular formula is C65H141N13. The molecule has 13 heteroatoms. The van der Waals surface area contributed by atoms with Crippen molar-refractivity contribution in [2.45, 2.75) is 289 Å². The van der Waals surface area contributed by atoms with E-state index in [9.17, 15) is 0 Å². The topological polar surface area (TPSA) is 136 Å². The van der Waals surface area contributed by atoms with E-state index in [4.69, 9.17) is 0 Å². The van der Waals surface area contributed by atoms with Crippen LogP contribution in [0, 0.1) is 27.7 Å². The van der Waals surface area contributed by atoms with Gasteiger partial charge in [-0.2, -0.15) is 0 Å². The molecule has 0 radical (unpaired) electrons. The third-order valence-corrected chi connectivity index (χ3v) is 8.22. The predicted molar refractivity (Wildman–Crippen MR) is 368 cm³/mol. The van der Waals surface area contributed by atoms with E-state index < -0.39 is 0 Å². The highest BCUT2D eigenvalue weighted by molar-refractivity contribution is 5.76. The summed E-state index contributed by atoms with van der Waals surface area (Å²) in [4.78, 5) is 21.5. The summed E-state index contributed by atoms with van der Waals surface area (Å²) in [5.41, 5.74) is 9.37. The first-order valence-electron chi connectivity index (χ1n) is 29.3. The highest BCUT2D eigenvalue weighted by Crippen LogP contribution is 2.16. The van der Waals surface area contributed by atoms with Crippen molar-refractivity contribution in [3.05, 3.63) is 90.5 Å². The molecule has 0 spiro atoms. The van der Waals surface area contributed by atoms with Crippen LogP contribution in [0.5, 0.6) is 0 Å². The normalized spacial score (nSPS) is 8.13. The minimum atomic E-state index is 0. The van der Waals surface area contributed by atoms with E-state index in [1.165, 1.54) is 11.1 Å². The number of nitrogens with zero attached hydrogens (tertiary/aromatic N) is 13. The second kappa shape index (κ2) is 71.4. The van der Waals surface area contributed by atoms with E-state index in [-0.39, 0.29) is 35.4 Å². The third kappa shape index (κ3) is 38.1. The Morgan fingerprint density at radius 2 is 0.679 bits per heavy atom. The van der Waals surface area contributed by atoms with Crippen LogP contribution in [0.15, 0.2) is 67.5 Å². The van der Waals surface area contributed by atoms with E-state index in [2.05, 4.69) is 123 Å². The Hall–Kier alpha value is -5.59. The maximum absolute atomic E-state index is 4.36. The van der Waals surface area contributed by atoms with Crippen molar-refractivity contribution in [1.29, 1.82) is 0 Å². The lowest BCUT2D eigenvalue weighted by Crippen LogP contribution is -1.99. The van der Waals surface area contributed by atoms with Crippen LogP contribution in [0.25, 0.3) is 44.4 Å². The molecule has 0 saturated carbocycles. The molecule has 0 bridgehead atoms. The summed E-state index contributed by atoms with van der Waals surface area (Å²) >= 11 is 0. The molecule has 0 aliphatic rings. The summed E-state index contributed by atoms with van der Waals surface area (Å²) in [6, 6.07) is 10.2. The fourth-order valence-electron chi connectivity index (χ4n) is 5.86. The first-order valence-corrected chi connectivity index (χ1v) is 29.3. The van der Waals surface area contributed by atoms with Crippen LogP contribution in [0.1, 0.15) is 264 Å². The van der Waals surface area contributed by atoms with E-state index in [0.29, 0.717) is 0 Å². The lowest BCUT2D eigenvalue weighted by atomic mass is 10.3. The zero-order valence-corrected chi connectivity index (χ0v) is 53.8. The van der Waals surface area contributed by atoms with Gasteiger partial charge in [0, 0.05) is 62.9 Å². The van der Waals surface area contributed by atoms with Crippen molar-refractivity contribution in [1.82, 2.24) is 63.6 Å². The van der Waals surface area contributed by atoms with Crippen molar-refractivity contribution < 1.29 is 5.71 Å². The average molecular weight is 1110 g/mol. The van der Waals surface area contributed by atoms with Gasteiger partial charge in [0.2, 0.25) is 0 Å². The van der Waals surface area contributed by atoms with Crippen molar-refractivity contribution in [2.75, 3.05) is 0 Å². The Labute approximate surface area is 491 Å². The van der Waals surface area contributed by atoms with Gasteiger partial charge in [-0.05, 0) is 89.3 Å². The molecular weight excluding hydrogens is 963 g/mol. The predicted octanol–water partition coefficient (Wildman–Crippen LogP) is 22.8. The average Bonchev–Trinajstić information content (AvgIpc) is 4.29. The fourth-order valence-corrected chi connectivity index (χ4v) is 5.86. The standard InChI is InChI=1S/C11H14N2.C10H13N3.2C9H12N4.11C2H6.4CH4.4H2/c1-3-5-13-6-4-10-11(13)7-9(2)8-12-10;1-3-5-13-6-4-9-10(13)7-11-8(2)12-9;1-3-5-13-6-4-8-9(13)10-7(2)11-12-8;1-3-5-13-6-4-8-9(13)12-11-7(2)10-8;11*1-2;;;;;;;;/h4,6-8H,3,5H2,1-2H3;4,6-7H,3,5H2,1-2H3;2*4,6H,3,5H2,1-2H3;11*1-2H3;4*1H4;4*1H/i;;;;;;;;;;;;;;;;;;;4*1+1. The molecule has 8 aromatic rings.